The van der Waals surface area contributed by atoms with Crippen molar-refractivity contribution in [1.82, 2.24) is 9.97 Å². The fourth-order valence-electron chi connectivity index (χ4n) is 4.17. The van der Waals surface area contributed by atoms with Gasteiger partial charge in [-0.05, 0) is 22.4 Å². The molecular weight excluding hydrogens is 340 g/mol. The summed E-state index contributed by atoms with van der Waals surface area (Å²) in [6.45, 7) is 0. The molecule has 4 aromatic carbocycles. The zero-order chi connectivity index (χ0) is 18.5. The molecule has 0 N–H and O–H groups in total. The number of hydrogen-bond donors (Lipinski definition) is 0. The second-order valence-corrected chi connectivity index (χ2v) is 7.02. The molecule has 129 valence electrons. The van der Waals surface area contributed by atoms with Gasteiger partial charge >= 0.3 is 0 Å². The maximum absolute atomic E-state index is 4.84. The number of fused-ring (bicyclic) bond motifs is 6. The maximum Gasteiger partial charge on any atom is 0.0978 e. The smallest absolute Gasteiger partial charge is 0.0978 e. The van der Waals surface area contributed by atoms with Gasteiger partial charge in [0.2, 0.25) is 0 Å². The van der Waals surface area contributed by atoms with E-state index >= 15 is 0 Å². The third-order valence-electron chi connectivity index (χ3n) is 5.45. The monoisotopic (exact) mass is 355 g/mol. The van der Waals surface area contributed by atoms with Gasteiger partial charge in [0.15, 0.2) is 0 Å². The van der Waals surface area contributed by atoms with Crippen molar-refractivity contribution in [2.75, 3.05) is 0 Å². The molecule has 0 aliphatic carbocycles. The van der Waals surface area contributed by atoms with Crippen LogP contribution in [0.1, 0.15) is 0 Å². The summed E-state index contributed by atoms with van der Waals surface area (Å²) in [5, 5.41) is 6.91. The molecule has 28 heavy (non-hydrogen) atoms. The summed E-state index contributed by atoms with van der Waals surface area (Å²) in [6, 6.07) is 29.4. The molecule has 2 heteroatoms. The van der Waals surface area contributed by atoms with Gasteiger partial charge in [-0.3, -0.25) is 4.98 Å². The van der Waals surface area contributed by atoms with Crippen LogP contribution in [0.15, 0.2) is 91.1 Å². The van der Waals surface area contributed by atoms with Gasteiger partial charge in [-0.2, -0.15) is 0 Å². The highest BCUT2D eigenvalue weighted by atomic mass is 14.7. The normalized spacial score (nSPS) is 11.6. The first-order chi connectivity index (χ1) is 13.9. The van der Waals surface area contributed by atoms with Crippen LogP contribution in [0.5, 0.6) is 0 Å². The second kappa shape index (κ2) is 5.86. The van der Waals surface area contributed by atoms with E-state index in [-0.39, 0.29) is 0 Å². The molecule has 0 aliphatic heterocycles. The van der Waals surface area contributed by atoms with E-state index in [1.165, 1.54) is 16.2 Å². The van der Waals surface area contributed by atoms with Crippen molar-refractivity contribution in [2.24, 2.45) is 0 Å². The third-order valence-corrected chi connectivity index (χ3v) is 5.45. The van der Waals surface area contributed by atoms with E-state index in [9.17, 15) is 0 Å². The van der Waals surface area contributed by atoms with Crippen molar-refractivity contribution >= 4 is 43.4 Å². The first-order valence-electron chi connectivity index (χ1n) is 9.36. The number of hydrogen-bond acceptors (Lipinski definition) is 2. The number of benzene rings is 4. The Morgan fingerprint density at radius 3 is 2.32 bits per heavy atom. The largest absolute Gasteiger partial charge is 0.255 e. The molecule has 0 bridgehead atoms. The quantitative estimate of drug-likeness (QED) is 0.312. The van der Waals surface area contributed by atoms with E-state index in [1.807, 2.05) is 12.3 Å². The third kappa shape index (κ3) is 2.15. The second-order valence-electron chi connectivity index (χ2n) is 7.02. The molecule has 2 nitrogen and oxygen atoms in total. The molecule has 6 rings (SSSR count). The fourth-order valence-corrected chi connectivity index (χ4v) is 4.17. The number of nitrogens with zero attached hydrogens (tertiary/aromatic N) is 2. The lowest BCUT2D eigenvalue weighted by Gasteiger charge is -2.12. The van der Waals surface area contributed by atoms with Crippen LogP contribution in [0.4, 0.5) is 0 Å². The molecular formula is C26H15N2. The van der Waals surface area contributed by atoms with Crippen LogP contribution >= 0.6 is 0 Å². The highest BCUT2D eigenvalue weighted by Crippen LogP contribution is 2.37. The van der Waals surface area contributed by atoms with Crippen molar-refractivity contribution in [3.8, 4) is 11.1 Å². The highest BCUT2D eigenvalue weighted by Gasteiger charge is 2.13. The standard InChI is InChI=1S/C26H15N2/c1-3-9-19-17(7-1)16-28-26-22(19)12-5-13-23(26)21-11-6-14-24-25(21)20-10-4-2-8-18(20)15-27-24/h1-14,16H. The summed E-state index contributed by atoms with van der Waals surface area (Å²) in [6.07, 6.45) is 5.14. The molecule has 0 spiro atoms. The number of rotatable bonds is 1. The van der Waals surface area contributed by atoms with Gasteiger partial charge in [-0.1, -0.05) is 78.9 Å². The summed E-state index contributed by atoms with van der Waals surface area (Å²) in [7, 11) is 0. The van der Waals surface area contributed by atoms with Crippen molar-refractivity contribution in [3.05, 3.63) is 97.3 Å². The van der Waals surface area contributed by atoms with Crippen LogP contribution in [-0.2, 0) is 0 Å². The fraction of sp³-hybridized carbons (Fsp3) is 0. The predicted molar refractivity (Wildman–Crippen MR) is 116 cm³/mol. The van der Waals surface area contributed by atoms with E-state index in [4.69, 9.17) is 4.98 Å². The van der Waals surface area contributed by atoms with Gasteiger partial charge in [0.05, 0.1) is 17.2 Å². The Hall–Kier alpha value is -3.78. The minimum absolute atomic E-state index is 0.953. The molecule has 0 atom stereocenters. The lowest BCUT2D eigenvalue weighted by atomic mass is 9.94. The SMILES string of the molecule is [c]1nc2cccc(-c3cccc4c3ncc3ccccc34)c2c2ccccc12. The first-order valence-corrected chi connectivity index (χ1v) is 9.36. The van der Waals surface area contributed by atoms with E-state index < -0.39 is 0 Å². The van der Waals surface area contributed by atoms with Crippen LogP contribution in [-0.4, -0.2) is 9.97 Å². The summed E-state index contributed by atoms with van der Waals surface area (Å²) < 4.78 is 0. The van der Waals surface area contributed by atoms with Gasteiger partial charge in [0, 0.05) is 33.3 Å². The van der Waals surface area contributed by atoms with Crippen molar-refractivity contribution < 1.29 is 0 Å². The summed E-state index contributed by atoms with van der Waals surface area (Å²) >= 11 is 0. The molecule has 2 heterocycles. The molecule has 2 aromatic heterocycles. The topological polar surface area (TPSA) is 25.8 Å². The van der Waals surface area contributed by atoms with E-state index in [1.54, 1.807) is 0 Å². The Labute approximate surface area is 162 Å². The van der Waals surface area contributed by atoms with Gasteiger partial charge in [0.25, 0.3) is 0 Å². The van der Waals surface area contributed by atoms with Crippen LogP contribution in [0.25, 0.3) is 54.5 Å². The molecule has 1 radical (unpaired) electrons. The lowest BCUT2D eigenvalue weighted by molar-refractivity contribution is 1.42. The summed E-state index contributed by atoms with van der Waals surface area (Å²) in [4.78, 5) is 9.42. The van der Waals surface area contributed by atoms with Crippen molar-refractivity contribution in [1.29, 1.82) is 0 Å². The minimum Gasteiger partial charge on any atom is -0.255 e. The van der Waals surface area contributed by atoms with Crippen LogP contribution in [0, 0.1) is 6.20 Å². The number of aromatic nitrogens is 2. The Bertz CT molecular complexity index is 1520. The van der Waals surface area contributed by atoms with Crippen LogP contribution in [0.3, 0.4) is 0 Å². The first kappa shape index (κ1) is 15.3. The zero-order valence-electron chi connectivity index (χ0n) is 15.1. The Balaban J connectivity index is 1.78. The van der Waals surface area contributed by atoms with Gasteiger partial charge in [-0.25, -0.2) is 4.98 Å². The molecule has 0 amide bonds. The summed E-state index contributed by atoms with van der Waals surface area (Å²) in [5.74, 6) is 0. The van der Waals surface area contributed by atoms with E-state index in [0.717, 1.165) is 38.3 Å². The number of para-hydroxylation sites is 1. The Kier molecular flexibility index (Phi) is 3.20. The molecule has 0 saturated heterocycles. The van der Waals surface area contributed by atoms with Crippen molar-refractivity contribution in [3.63, 3.8) is 0 Å². The summed E-state index contributed by atoms with van der Waals surface area (Å²) in [5.41, 5.74) is 4.26. The van der Waals surface area contributed by atoms with Gasteiger partial charge in [0.1, 0.15) is 0 Å². The maximum atomic E-state index is 4.84. The lowest BCUT2D eigenvalue weighted by Crippen LogP contribution is -1.90. The average Bonchev–Trinajstić information content (AvgIpc) is 2.78. The van der Waals surface area contributed by atoms with E-state index in [2.05, 4.69) is 90.0 Å². The Morgan fingerprint density at radius 1 is 0.607 bits per heavy atom. The average molecular weight is 355 g/mol. The molecule has 0 saturated carbocycles. The van der Waals surface area contributed by atoms with E-state index in [0.29, 0.717) is 0 Å². The highest BCUT2D eigenvalue weighted by molar-refractivity contribution is 6.17. The molecule has 0 unspecified atom stereocenters. The number of pyridine rings is 2. The zero-order valence-corrected chi connectivity index (χ0v) is 15.1. The van der Waals surface area contributed by atoms with Crippen LogP contribution < -0.4 is 0 Å². The van der Waals surface area contributed by atoms with Gasteiger partial charge in [-0.15, -0.1) is 0 Å². The molecule has 0 aliphatic rings. The Morgan fingerprint density at radius 2 is 1.36 bits per heavy atom. The molecule has 6 aromatic rings. The molecule has 0 fully saturated rings. The minimum atomic E-state index is 0.953. The van der Waals surface area contributed by atoms with Crippen LogP contribution in [0.2, 0.25) is 0 Å². The van der Waals surface area contributed by atoms with Crippen molar-refractivity contribution in [2.45, 2.75) is 0 Å². The predicted octanol–water partition coefficient (Wildman–Crippen LogP) is 6.56. The van der Waals surface area contributed by atoms with Gasteiger partial charge < -0.3 is 0 Å².